The minimum atomic E-state index is -2.37. The third kappa shape index (κ3) is 11.1. The van der Waals surface area contributed by atoms with Crippen molar-refractivity contribution in [2.24, 2.45) is 0 Å². The van der Waals surface area contributed by atoms with E-state index in [9.17, 15) is 0 Å². The summed E-state index contributed by atoms with van der Waals surface area (Å²) in [7, 11) is 0. The van der Waals surface area contributed by atoms with Gasteiger partial charge in [-0.15, -0.1) is 0 Å². The summed E-state index contributed by atoms with van der Waals surface area (Å²) in [6.45, 7) is 30.8. The quantitative estimate of drug-likeness (QED) is 0.135. The molecular formula is C87H86BN3O2. The first-order valence-electron chi connectivity index (χ1n) is 34.5. The number of nitrogens with zero attached hydrogens (tertiary/aromatic N) is 3. The molecule has 2 aliphatic heterocycles. The van der Waals surface area contributed by atoms with Crippen molar-refractivity contribution in [1.82, 2.24) is 0 Å². The molecule has 1 aromatic heterocycles. The van der Waals surface area contributed by atoms with Gasteiger partial charge < -0.3 is 23.9 Å². The molecule has 0 amide bonds. The molecule has 0 saturated carbocycles. The van der Waals surface area contributed by atoms with Crippen LogP contribution in [0.1, 0.15) is 141 Å². The Morgan fingerprint density at radius 3 is 1.41 bits per heavy atom. The smallest absolute Gasteiger partial charge is 0.261 e. The number of aryl methyl sites for hydroxylation is 1. The Balaban J connectivity index is 1.11. The monoisotopic (exact) mass is 1220 g/mol. The molecule has 14 rings (SSSR count). The van der Waals surface area contributed by atoms with Crippen LogP contribution in [0.3, 0.4) is 0 Å². The molecule has 2 aliphatic rings. The second-order valence-corrected chi connectivity index (χ2v) is 30.9. The van der Waals surface area contributed by atoms with Gasteiger partial charge in [0.1, 0.15) is 22.7 Å². The maximum atomic E-state index is 8.91. The Bertz CT molecular complexity index is 4810. The first-order chi connectivity index (χ1) is 45.4. The van der Waals surface area contributed by atoms with E-state index in [-0.39, 0.29) is 32.6 Å². The number of anilines is 9. The zero-order valence-electron chi connectivity index (χ0n) is 59.7. The Hall–Kier alpha value is -9.52. The number of ether oxygens (including phenoxy) is 1. The van der Waals surface area contributed by atoms with Crippen LogP contribution >= 0.6 is 0 Å². The van der Waals surface area contributed by atoms with Crippen molar-refractivity contribution in [3.05, 3.63) is 264 Å². The van der Waals surface area contributed by atoms with Gasteiger partial charge in [-0.3, -0.25) is 0 Å². The summed E-state index contributed by atoms with van der Waals surface area (Å²) in [4.78, 5) is 7.21. The van der Waals surface area contributed by atoms with Gasteiger partial charge in [-0.25, -0.2) is 0 Å². The summed E-state index contributed by atoms with van der Waals surface area (Å²) < 4.78 is 42.1. The number of para-hydroxylation sites is 2. The number of hydrogen-bond donors (Lipinski definition) is 0. The highest BCUT2D eigenvalue weighted by Crippen LogP contribution is 2.53. The summed E-state index contributed by atoms with van der Waals surface area (Å²) in [5, 5.41) is 1.99. The van der Waals surface area contributed by atoms with E-state index in [1.54, 1.807) is 0 Å². The molecule has 0 N–H and O–H groups in total. The molecule has 0 saturated heterocycles. The summed E-state index contributed by atoms with van der Waals surface area (Å²) in [6.07, 6.45) is 0. The molecule has 11 aromatic carbocycles. The van der Waals surface area contributed by atoms with Gasteiger partial charge in [0.05, 0.1) is 16.8 Å². The Morgan fingerprint density at radius 1 is 0.376 bits per heavy atom. The van der Waals surface area contributed by atoms with Gasteiger partial charge in [0.2, 0.25) is 0 Å². The lowest BCUT2D eigenvalue weighted by Crippen LogP contribution is -2.59. The van der Waals surface area contributed by atoms with E-state index < -0.39 is 13.6 Å². The fourth-order valence-corrected chi connectivity index (χ4v) is 13.9. The van der Waals surface area contributed by atoms with Crippen LogP contribution in [0.2, 0.25) is 0 Å². The SMILES string of the molecule is [2H]C([2H])([2H])c1cc(-c2cc3c4c(c2)N(c2ccccc2-c2ccccc2)c2cc(N(c5ccc(C(C)(C)C)cc5)c5ccc(C(C)(C)C)cc5)c5c(oc6ccccc65)c2B4c2ccc(N(c4ccc(C(C)(C)C)cc4)c4ccc(C(C)(C)C)cc4)cc2O3)cc(C(C)(C)C)c1. The number of benzene rings is 11. The molecular weight excluding hydrogens is 1130 g/mol. The van der Waals surface area contributed by atoms with E-state index >= 15 is 0 Å². The number of furan rings is 1. The van der Waals surface area contributed by atoms with Crippen LogP contribution in [0.15, 0.2) is 235 Å². The number of fused-ring (bicyclic) bond motifs is 8. The Labute approximate surface area is 556 Å². The fourth-order valence-electron chi connectivity index (χ4n) is 13.9. The highest BCUT2D eigenvalue weighted by atomic mass is 16.5. The van der Waals surface area contributed by atoms with Crippen LogP contribution in [0.5, 0.6) is 11.5 Å². The van der Waals surface area contributed by atoms with Crippen LogP contribution < -0.4 is 35.8 Å². The lowest BCUT2D eigenvalue weighted by atomic mass is 9.34. The molecule has 0 fully saturated rings. The van der Waals surface area contributed by atoms with Crippen molar-refractivity contribution in [2.75, 3.05) is 14.7 Å². The first kappa shape index (κ1) is 57.4. The van der Waals surface area contributed by atoms with Gasteiger partial charge in [0.15, 0.2) is 0 Å². The fraction of sp³-hybridized carbons (Fsp3) is 0.241. The van der Waals surface area contributed by atoms with Crippen molar-refractivity contribution < 1.29 is 13.3 Å². The Kier molecular flexibility index (Phi) is 13.8. The van der Waals surface area contributed by atoms with E-state index in [0.29, 0.717) is 11.5 Å². The van der Waals surface area contributed by atoms with Gasteiger partial charge in [0, 0.05) is 60.9 Å². The zero-order chi connectivity index (χ0) is 67.8. The minimum Gasteiger partial charge on any atom is -0.458 e. The van der Waals surface area contributed by atoms with Gasteiger partial charge >= 0.3 is 0 Å². The molecule has 0 unspecified atom stereocenters. The van der Waals surface area contributed by atoms with Crippen molar-refractivity contribution in [3.63, 3.8) is 0 Å². The second-order valence-electron chi connectivity index (χ2n) is 30.9. The molecule has 12 aromatic rings. The predicted octanol–water partition coefficient (Wildman–Crippen LogP) is 23.1. The van der Waals surface area contributed by atoms with Crippen LogP contribution in [-0.4, -0.2) is 6.71 Å². The lowest BCUT2D eigenvalue weighted by molar-refractivity contribution is 0.488. The predicted molar refractivity (Wildman–Crippen MR) is 398 cm³/mol. The molecule has 3 heterocycles. The van der Waals surface area contributed by atoms with Crippen molar-refractivity contribution >= 4 is 96.2 Å². The van der Waals surface area contributed by atoms with E-state index in [1.165, 1.54) is 22.3 Å². The summed E-state index contributed by atoms with van der Waals surface area (Å²) in [6, 6.07) is 83.5. The molecule has 0 aliphatic carbocycles. The summed E-state index contributed by atoms with van der Waals surface area (Å²) >= 11 is 0. The van der Waals surface area contributed by atoms with Crippen LogP contribution in [0.25, 0.3) is 44.2 Å². The van der Waals surface area contributed by atoms with Crippen LogP contribution in [-0.2, 0) is 27.1 Å². The largest absolute Gasteiger partial charge is 0.458 e. The maximum Gasteiger partial charge on any atom is 0.261 e. The third-order valence-corrected chi connectivity index (χ3v) is 19.2. The standard InChI is InChI=1S/C87H86BN3O2/c1-55-48-57(50-63(49-55)87(14,15)16)58-51-74-80-78(52-58)92-77-53-68(89(64-38-30-59(31-39-64)83(2,3)4)65-40-32-60(33-41-65)84(5,6)7)46-47-71(77)88(80)81-75(91(74)72-28-22-20-26-69(72)56-24-18-17-19-25-56)54-73(79-70-27-21-23-29-76(70)93-82(79)81)90(66-42-34-61(35-43-66)85(8,9)10)67-44-36-62(37-45-67)86(11,12)13/h17-54H,1-16H3/i1D3. The van der Waals surface area contributed by atoms with E-state index in [1.807, 2.05) is 12.1 Å². The zero-order valence-corrected chi connectivity index (χ0v) is 56.7. The third-order valence-electron chi connectivity index (χ3n) is 19.2. The topological polar surface area (TPSA) is 32.1 Å². The first-order valence-corrected chi connectivity index (χ1v) is 33.0. The maximum absolute atomic E-state index is 8.91. The lowest BCUT2D eigenvalue weighted by Gasteiger charge is -2.42. The summed E-state index contributed by atoms with van der Waals surface area (Å²) in [5.41, 5.74) is 22.6. The molecule has 464 valence electrons. The van der Waals surface area contributed by atoms with Crippen molar-refractivity contribution in [2.45, 2.75) is 138 Å². The molecule has 93 heavy (non-hydrogen) atoms. The highest BCUT2D eigenvalue weighted by molar-refractivity contribution is 7.00. The van der Waals surface area contributed by atoms with E-state index in [4.69, 9.17) is 13.3 Å². The van der Waals surface area contributed by atoms with Gasteiger partial charge in [-0.1, -0.05) is 249 Å². The van der Waals surface area contributed by atoms with Gasteiger partial charge in [0.25, 0.3) is 6.71 Å². The molecule has 0 radical (unpaired) electrons. The summed E-state index contributed by atoms with van der Waals surface area (Å²) in [5.74, 6) is 1.38. The molecule has 5 nitrogen and oxygen atoms in total. The van der Waals surface area contributed by atoms with Crippen molar-refractivity contribution in [1.29, 1.82) is 0 Å². The normalized spacial score (nSPS) is 13.8. The minimum absolute atomic E-state index is 0.0416. The molecule has 6 heteroatoms. The number of rotatable bonds is 9. The average Bonchev–Trinajstić information content (AvgIpc) is 1.18. The number of hydrogen-bond acceptors (Lipinski definition) is 5. The Morgan fingerprint density at radius 2 is 0.860 bits per heavy atom. The highest BCUT2D eigenvalue weighted by Gasteiger charge is 2.46. The second kappa shape index (κ2) is 22.4. The van der Waals surface area contributed by atoms with Crippen LogP contribution in [0, 0.1) is 6.85 Å². The van der Waals surface area contributed by atoms with E-state index in [2.05, 4.69) is 337 Å². The van der Waals surface area contributed by atoms with Gasteiger partial charge in [-0.05, 0) is 180 Å². The molecule has 0 atom stereocenters. The van der Waals surface area contributed by atoms with Crippen LogP contribution in [0.4, 0.5) is 51.2 Å². The molecule has 0 bridgehead atoms. The van der Waals surface area contributed by atoms with Crippen molar-refractivity contribution in [3.8, 4) is 33.8 Å². The average molecular weight is 1220 g/mol. The van der Waals surface area contributed by atoms with Gasteiger partial charge in [-0.2, -0.15) is 0 Å². The molecule has 0 spiro atoms. The van der Waals surface area contributed by atoms with E-state index in [0.717, 1.165) is 117 Å².